The van der Waals surface area contributed by atoms with E-state index in [-0.39, 0.29) is 5.78 Å². The van der Waals surface area contributed by atoms with Crippen LogP contribution in [0, 0.1) is 0 Å². The predicted molar refractivity (Wildman–Crippen MR) is 73.0 cm³/mol. The van der Waals surface area contributed by atoms with E-state index in [2.05, 4.69) is 20.9 Å². The first-order valence-electron chi connectivity index (χ1n) is 5.47. The molecule has 0 bridgehead atoms. The molecule has 0 aliphatic rings. The minimum atomic E-state index is 0.00210. The SMILES string of the molecule is COc1ncccc1C(=O)Cc1ccc(Br)cc1. The van der Waals surface area contributed by atoms with Gasteiger partial charge in [-0.1, -0.05) is 28.1 Å². The average Bonchev–Trinajstić information content (AvgIpc) is 2.41. The smallest absolute Gasteiger partial charge is 0.224 e. The number of hydrogen-bond donors (Lipinski definition) is 0. The number of ketones is 1. The highest BCUT2D eigenvalue weighted by Crippen LogP contribution is 2.17. The van der Waals surface area contributed by atoms with Gasteiger partial charge in [0.1, 0.15) is 0 Å². The molecular formula is C14H12BrNO2. The van der Waals surface area contributed by atoms with E-state index in [1.165, 1.54) is 7.11 Å². The third-order valence-corrected chi connectivity index (χ3v) is 3.07. The summed E-state index contributed by atoms with van der Waals surface area (Å²) in [5.41, 5.74) is 1.48. The van der Waals surface area contributed by atoms with Gasteiger partial charge in [0.2, 0.25) is 5.88 Å². The van der Waals surface area contributed by atoms with Gasteiger partial charge in [-0.15, -0.1) is 0 Å². The number of ether oxygens (including phenoxy) is 1. The Hall–Kier alpha value is -1.68. The lowest BCUT2D eigenvalue weighted by atomic mass is 10.0. The highest BCUT2D eigenvalue weighted by molar-refractivity contribution is 9.10. The van der Waals surface area contributed by atoms with Crippen LogP contribution in [0.25, 0.3) is 0 Å². The van der Waals surface area contributed by atoms with Crippen molar-refractivity contribution < 1.29 is 9.53 Å². The molecular weight excluding hydrogens is 294 g/mol. The van der Waals surface area contributed by atoms with E-state index >= 15 is 0 Å². The lowest BCUT2D eigenvalue weighted by molar-refractivity contribution is 0.0989. The van der Waals surface area contributed by atoms with Gasteiger partial charge in [-0.2, -0.15) is 0 Å². The maximum absolute atomic E-state index is 12.1. The standard InChI is InChI=1S/C14H12BrNO2/c1-18-14-12(3-2-8-16-14)13(17)9-10-4-6-11(15)7-5-10/h2-8H,9H2,1H3. The van der Waals surface area contributed by atoms with Crippen molar-refractivity contribution in [3.05, 3.63) is 58.2 Å². The van der Waals surface area contributed by atoms with Crippen molar-refractivity contribution in [2.75, 3.05) is 7.11 Å². The van der Waals surface area contributed by atoms with E-state index in [0.717, 1.165) is 10.0 Å². The molecule has 0 spiro atoms. The second-order valence-corrected chi connectivity index (χ2v) is 4.70. The molecule has 0 amide bonds. The zero-order valence-corrected chi connectivity index (χ0v) is 11.5. The lowest BCUT2D eigenvalue weighted by Gasteiger charge is -2.06. The number of nitrogens with zero attached hydrogens (tertiary/aromatic N) is 1. The van der Waals surface area contributed by atoms with Gasteiger partial charge in [-0.25, -0.2) is 4.98 Å². The summed E-state index contributed by atoms with van der Waals surface area (Å²) < 4.78 is 6.08. The van der Waals surface area contributed by atoms with E-state index in [0.29, 0.717) is 17.9 Å². The van der Waals surface area contributed by atoms with Crippen LogP contribution in [0.1, 0.15) is 15.9 Å². The molecule has 0 radical (unpaired) electrons. The Kier molecular flexibility index (Phi) is 4.10. The quantitative estimate of drug-likeness (QED) is 0.814. The van der Waals surface area contributed by atoms with Gasteiger partial charge in [0, 0.05) is 17.1 Å². The Bertz CT molecular complexity index is 552. The molecule has 2 rings (SSSR count). The lowest BCUT2D eigenvalue weighted by Crippen LogP contribution is -2.06. The van der Waals surface area contributed by atoms with Crippen molar-refractivity contribution in [3.8, 4) is 5.88 Å². The summed E-state index contributed by atoms with van der Waals surface area (Å²) in [6.45, 7) is 0. The van der Waals surface area contributed by atoms with E-state index in [1.54, 1.807) is 18.3 Å². The van der Waals surface area contributed by atoms with Crippen LogP contribution in [-0.4, -0.2) is 17.9 Å². The summed E-state index contributed by atoms with van der Waals surface area (Å²) in [7, 11) is 1.51. The minimum Gasteiger partial charge on any atom is -0.480 e. The van der Waals surface area contributed by atoms with Crippen LogP contribution in [0.2, 0.25) is 0 Å². The highest BCUT2D eigenvalue weighted by Gasteiger charge is 2.13. The van der Waals surface area contributed by atoms with Crippen LogP contribution >= 0.6 is 15.9 Å². The van der Waals surface area contributed by atoms with E-state index in [1.807, 2.05) is 24.3 Å². The number of hydrogen-bond acceptors (Lipinski definition) is 3. The Morgan fingerprint density at radius 2 is 2.00 bits per heavy atom. The van der Waals surface area contributed by atoms with Crippen LogP contribution in [0.4, 0.5) is 0 Å². The van der Waals surface area contributed by atoms with Gasteiger partial charge in [-0.05, 0) is 29.8 Å². The molecule has 0 fully saturated rings. The Morgan fingerprint density at radius 3 is 2.67 bits per heavy atom. The molecule has 0 unspecified atom stereocenters. The first kappa shape index (κ1) is 12.8. The van der Waals surface area contributed by atoms with Crippen molar-refractivity contribution in [3.63, 3.8) is 0 Å². The third-order valence-electron chi connectivity index (χ3n) is 2.54. The van der Waals surface area contributed by atoms with Crippen LogP contribution in [0.5, 0.6) is 5.88 Å². The van der Waals surface area contributed by atoms with Gasteiger partial charge in [-0.3, -0.25) is 4.79 Å². The molecule has 0 saturated heterocycles. The average molecular weight is 306 g/mol. The van der Waals surface area contributed by atoms with Crippen LogP contribution < -0.4 is 4.74 Å². The zero-order chi connectivity index (χ0) is 13.0. The molecule has 1 aromatic heterocycles. The number of pyridine rings is 1. The Morgan fingerprint density at radius 1 is 1.28 bits per heavy atom. The maximum Gasteiger partial charge on any atom is 0.224 e. The van der Waals surface area contributed by atoms with Gasteiger partial charge >= 0.3 is 0 Å². The fourth-order valence-corrected chi connectivity index (χ4v) is 1.91. The van der Waals surface area contributed by atoms with Gasteiger partial charge < -0.3 is 4.74 Å². The molecule has 0 aliphatic heterocycles. The van der Waals surface area contributed by atoms with Gasteiger partial charge in [0.25, 0.3) is 0 Å². The second-order valence-electron chi connectivity index (χ2n) is 3.79. The normalized spacial score (nSPS) is 10.1. The molecule has 18 heavy (non-hydrogen) atoms. The monoisotopic (exact) mass is 305 g/mol. The molecule has 3 nitrogen and oxygen atoms in total. The predicted octanol–water partition coefficient (Wildman–Crippen LogP) is 3.28. The number of methoxy groups -OCH3 is 1. The third kappa shape index (κ3) is 2.96. The van der Waals surface area contributed by atoms with Crippen molar-refractivity contribution in [1.29, 1.82) is 0 Å². The molecule has 0 saturated carbocycles. The van der Waals surface area contributed by atoms with E-state index in [9.17, 15) is 4.79 Å². The summed E-state index contributed by atoms with van der Waals surface area (Å²) in [5, 5.41) is 0. The van der Waals surface area contributed by atoms with Gasteiger partial charge in [0.05, 0.1) is 12.7 Å². The number of benzene rings is 1. The maximum atomic E-state index is 12.1. The zero-order valence-electron chi connectivity index (χ0n) is 9.89. The fourth-order valence-electron chi connectivity index (χ4n) is 1.65. The van der Waals surface area contributed by atoms with Crippen LogP contribution in [-0.2, 0) is 6.42 Å². The number of carbonyl (C=O) groups is 1. The molecule has 4 heteroatoms. The summed E-state index contributed by atoms with van der Waals surface area (Å²) in [5.74, 6) is 0.377. The molecule has 92 valence electrons. The number of Topliss-reactive ketones (excluding diaryl/α,β-unsaturated/α-hetero) is 1. The number of rotatable bonds is 4. The molecule has 1 heterocycles. The highest BCUT2D eigenvalue weighted by atomic mass is 79.9. The van der Waals surface area contributed by atoms with Crippen LogP contribution in [0.3, 0.4) is 0 Å². The summed E-state index contributed by atoms with van der Waals surface area (Å²) in [6, 6.07) is 11.1. The summed E-state index contributed by atoms with van der Waals surface area (Å²) >= 11 is 3.36. The molecule has 0 aliphatic carbocycles. The topological polar surface area (TPSA) is 39.2 Å². The Labute approximate surface area is 114 Å². The first-order valence-corrected chi connectivity index (χ1v) is 6.26. The van der Waals surface area contributed by atoms with Crippen LogP contribution in [0.15, 0.2) is 47.1 Å². The number of halogens is 1. The summed E-state index contributed by atoms with van der Waals surface area (Å²) in [4.78, 5) is 16.2. The molecule has 2 aromatic rings. The molecule has 1 aromatic carbocycles. The van der Waals surface area contributed by atoms with Crippen molar-refractivity contribution >= 4 is 21.7 Å². The van der Waals surface area contributed by atoms with Crippen molar-refractivity contribution in [2.45, 2.75) is 6.42 Å². The van der Waals surface area contributed by atoms with E-state index in [4.69, 9.17) is 4.74 Å². The van der Waals surface area contributed by atoms with Crippen molar-refractivity contribution in [1.82, 2.24) is 4.98 Å². The van der Waals surface area contributed by atoms with Gasteiger partial charge in [0.15, 0.2) is 5.78 Å². The van der Waals surface area contributed by atoms with E-state index < -0.39 is 0 Å². The number of aromatic nitrogens is 1. The summed E-state index contributed by atoms with van der Waals surface area (Å²) in [6.07, 6.45) is 1.95. The second kappa shape index (κ2) is 5.78. The van der Waals surface area contributed by atoms with Crippen molar-refractivity contribution in [2.24, 2.45) is 0 Å². The largest absolute Gasteiger partial charge is 0.480 e. The molecule has 0 atom stereocenters. The minimum absolute atomic E-state index is 0.00210. The molecule has 0 N–H and O–H groups in total. The number of carbonyl (C=O) groups excluding carboxylic acids is 1. The Balaban J connectivity index is 2.19. The first-order chi connectivity index (χ1) is 8.70. The fraction of sp³-hybridized carbons (Fsp3) is 0.143.